The molecular formula is C23H25BrO3. The number of methoxy groups -OCH3 is 1. The number of halogens is 1. The summed E-state index contributed by atoms with van der Waals surface area (Å²) in [5.74, 6) is 1.90. The highest BCUT2D eigenvalue weighted by Crippen LogP contribution is 2.34. The van der Waals surface area contributed by atoms with Crippen molar-refractivity contribution in [1.29, 1.82) is 0 Å². The molecular weight excluding hydrogens is 404 g/mol. The lowest BCUT2D eigenvalue weighted by Gasteiger charge is -2.05. The van der Waals surface area contributed by atoms with E-state index in [9.17, 15) is 0 Å². The van der Waals surface area contributed by atoms with E-state index >= 15 is 0 Å². The van der Waals surface area contributed by atoms with E-state index in [0.717, 1.165) is 40.8 Å². The largest absolute Gasteiger partial charge is 0.463 e. The van der Waals surface area contributed by atoms with Gasteiger partial charge in [0.1, 0.15) is 24.9 Å². The van der Waals surface area contributed by atoms with Crippen LogP contribution in [0.5, 0.6) is 0 Å². The van der Waals surface area contributed by atoms with Crippen molar-refractivity contribution in [3.05, 3.63) is 81.7 Å². The topological polar surface area (TPSA) is 31.6 Å². The van der Waals surface area contributed by atoms with Gasteiger partial charge in [0.15, 0.2) is 0 Å². The number of furan rings is 1. The van der Waals surface area contributed by atoms with Crippen LogP contribution in [0, 0.1) is 6.92 Å². The van der Waals surface area contributed by atoms with Crippen LogP contribution in [0.4, 0.5) is 0 Å². The standard InChI is InChI=1S/C23H25BrO3/c1-17-22(15-26-16-25-2)27-21(10-6-9-18-7-4-3-5-8-18)23(17)19-11-13-20(24)14-12-19/h3-5,7-8,11-14H,6,9-10,15-16H2,1-2H3. The molecule has 0 saturated heterocycles. The van der Waals surface area contributed by atoms with Gasteiger partial charge in [0.25, 0.3) is 0 Å². The van der Waals surface area contributed by atoms with E-state index in [2.05, 4.69) is 77.5 Å². The van der Waals surface area contributed by atoms with E-state index in [4.69, 9.17) is 13.9 Å². The summed E-state index contributed by atoms with van der Waals surface area (Å²) in [4.78, 5) is 0. The van der Waals surface area contributed by atoms with Crippen LogP contribution in [0.1, 0.15) is 29.1 Å². The zero-order valence-electron chi connectivity index (χ0n) is 15.8. The molecule has 0 aliphatic carbocycles. The summed E-state index contributed by atoms with van der Waals surface area (Å²) in [6.45, 7) is 2.78. The third-order valence-electron chi connectivity index (χ3n) is 4.60. The van der Waals surface area contributed by atoms with Crippen molar-refractivity contribution in [2.75, 3.05) is 13.9 Å². The minimum Gasteiger partial charge on any atom is -0.463 e. The summed E-state index contributed by atoms with van der Waals surface area (Å²) in [7, 11) is 1.62. The maximum atomic E-state index is 6.22. The first-order valence-electron chi connectivity index (χ1n) is 9.16. The molecule has 0 saturated carbocycles. The first-order valence-corrected chi connectivity index (χ1v) is 9.96. The molecule has 0 aliphatic heterocycles. The van der Waals surface area contributed by atoms with E-state index < -0.39 is 0 Å². The molecule has 0 fully saturated rings. The molecule has 0 spiro atoms. The molecule has 27 heavy (non-hydrogen) atoms. The van der Waals surface area contributed by atoms with Gasteiger partial charge < -0.3 is 13.9 Å². The molecule has 3 rings (SSSR count). The van der Waals surface area contributed by atoms with Crippen molar-refractivity contribution < 1.29 is 13.9 Å². The lowest BCUT2D eigenvalue weighted by atomic mass is 9.98. The molecule has 0 bridgehead atoms. The zero-order chi connectivity index (χ0) is 19.1. The van der Waals surface area contributed by atoms with E-state index in [1.807, 2.05) is 0 Å². The predicted molar refractivity (Wildman–Crippen MR) is 112 cm³/mol. The SMILES string of the molecule is COCOCc1oc(CCCc2ccccc2)c(-c2ccc(Br)cc2)c1C. The number of hydrogen-bond acceptors (Lipinski definition) is 3. The van der Waals surface area contributed by atoms with Crippen LogP contribution in [0.15, 0.2) is 63.5 Å². The lowest BCUT2D eigenvalue weighted by molar-refractivity contribution is -0.0444. The monoisotopic (exact) mass is 428 g/mol. The van der Waals surface area contributed by atoms with Gasteiger partial charge >= 0.3 is 0 Å². The van der Waals surface area contributed by atoms with Crippen molar-refractivity contribution >= 4 is 15.9 Å². The number of hydrogen-bond donors (Lipinski definition) is 0. The third kappa shape index (κ3) is 5.32. The van der Waals surface area contributed by atoms with Crippen molar-refractivity contribution in [3.8, 4) is 11.1 Å². The fourth-order valence-electron chi connectivity index (χ4n) is 3.25. The van der Waals surface area contributed by atoms with Crippen molar-refractivity contribution in [3.63, 3.8) is 0 Å². The van der Waals surface area contributed by atoms with E-state index in [1.54, 1.807) is 7.11 Å². The Morgan fingerprint density at radius 2 is 1.67 bits per heavy atom. The Morgan fingerprint density at radius 1 is 0.926 bits per heavy atom. The summed E-state index contributed by atoms with van der Waals surface area (Å²) in [6, 6.07) is 19.0. The second-order valence-electron chi connectivity index (χ2n) is 6.55. The molecule has 1 aromatic heterocycles. The quantitative estimate of drug-likeness (QED) is 0.295. The maximum absolute atomic E-state index is 6.22. The van der Waals surface area contributed by atoms with Crippen LogP contribution >= 0.6 is 15.9 Å². The van der Waals surface area contributed by atoms with Gasteiger partial charge in [-0.3, -0.25) is 0 Å². The van der Waals surface area contributed by atoms with Crippen molar-refractivity contribution in [2.45, 2.75) is 32.8 Å². The molecule has 0 atom stereocenters. The molecule has 0 radical (unpaired) electrons. The van der Waals surface area contributed by atoms with Gasteiger partial charge in [-0.05, 0) is 43.0 Å². The lowest BCUT2D eigenvalue weighted by Crippen LogP contribution is -1.97. The molecule has 1 heterocycles. The Hall–Kier alpha value is -1.88. The Bertz CT molecular complexity index is 838. The summed E-state index contributed by atoms with van der Waals surface area (Å²) in [6.07, 6.45) is 2.97. The minimum atomic E-state index is 0.261. The Kier molecular flexibility index (Phi) is 7.27. The Labute approximate surface area is 169 Å². The van der Waals surface area contributed by atoms with Gasteiger partial charge in [0.2, 0.25) is 0 Å². The van der Waals surface area contributed by atoms with E-state index in [0.29, 0.717) is 6.61 Å². The highest BCUT2D eigenvalue weighted by atomic mass is 79.9. The third-order valence-corrected chi connectivity index (χ3v) is 5.13. The molecule has 0 unspecified atom stereocenters. The van der Waals surface area contributed by atoms with Gasteiger partial charge in [-0.25, -0.2) is 0 Å². The molecule has 3 nitrogen and oxygen atoms in total. The molecule has 2 aromatic carbocycles. The second-order valence-corrected chi connectivity index (χ2v) is 7.47. The zero-order valence-corrected chi connectivity index (χ0v) is 17.4. The molecule has 4 heteroatoms. The molecule has 0 amide bonds. The Balaban J connectivity index is 1.81. The first-order chi connectivity index (χ1) is 13.2. The summed E-state index contributed by atoms with van der Waals surface area (Å²) < 4.78 is 17.8. The van der Waals surface area contributed by atoms with Crippen LogP contribution in [-0.4, -0.2) is 13.9 Å². The number of aryl methyl sites for hydroxylation is 2. The predicted octanol–water partition coefficient (Wildman–Crippen LogP) is 6.31. The van der Waals surface area contributed by atoms with Gasteiger partial charge in [-0.1, -0.05) is 58.4 Å². The van der Waals surface area contributed by atoms with E-state index in [-0.39, 0.29) is 6.79 Å². The summed E-state index contributed by atoms with van der Waals surface area (Å²) in [5, 5.41) is 0. The fraction of sp³-hybridized carbons (Fsp3) is 0.304. The van der Waals surface area contributed by atoms with Gasteiger partial charge in [0.05, 0.1) is 0 Å². The Morgan fingerprint density at radius 3 is 2.37 bits per heavy atom. The first kappa shape index (κ1) is 19.9. The molecule has 0 aliphatic rings. The fourth-order valence-corrected chi connectivity index (χ4v) is 3.51. The normalized spacial score (nSPS) is 11.1. The van der Waals surface area contributed by atoms with Crippen molar-refractivity contribution in [1.82, 2.24) is 0 Å². The van der Waals surface area contributed by atoms with Gasteiger partial charge in [-0.2, -0.15) is 0 Å². The van der Waals surface area contributed by atoms with Crippen LogP contribution in [0.2, 0.25) is 0 Å². The second kappa shape index (κ2) is 9.88. The number of ether oxygens (including phenoxy) is 2. The van der Waals surface area contributed by atoms with Crippen LogP contribution in [0.3, 0.4) is 0 Å². The smallest absolute Gasteiger partial charge is 0.146 e. The highest BCUT2D eigenvalue weighted by molar-refractivity contribution is 9.10. The van der Waals surface area contributed by atoms with Crippen LogP contribution in [-0.2, 0) is 28.9 Å². The van der Waals surface area contributed by atoms with Gasteiger partial charge in [-0.15, -0.1) is 0 Å². The highest BCUT2D eigenvalue weighted by Gasteiger charge is 2.18. The van der Waals surface area contributed by atoms with Crippen LogP contribution < -0.4 is 0 Å². The maximum Gasteiger partial charge on any atom is 0.146 e. The average molecular weight is 429 g/mol. The number of benzene rings is 2. The molecule has 142 valence electrons. The molecule has 3 aromatic rings. The molecule has 0 N–H and O–H groups in total. The van der Waals surface area contributed by atoms with Crippen LogP contribution in [0.25, 0.3) is 11.1 Å². The van der Waals surface area contributed by atoms with Crippen molar-refractivity contribution in [2.24, 2.45) is 0 Å². The minimum absolute atomic E-state index is 0.261. The average Bonchev–Trinajstić information content (AvgIpc) is 2.99. The van der Waals surface area contributed by atoms with E-state index in [1.165, 1.54) is 16.7 Å². The summed E-state index contributed by atoms with van der Waals surface area (Å²) >= 11 is 3.51. The number of rotatable bonds is 9. The van der Waals surface area contributed by atoms with Gasteiger partial charge in [0, 0.05) is 29.1 Å². The summed E-state index contributed by atoms with van der Waals surface area (Å²) in [5.41, 5.74) is 4.86.